The van der Waals surface area contributed by atoms with Gasteiger partial charge < -0.3 is 16.0 Å². The van der Waals surface area contributed by atoms with Crippen LogP contribution in [0.2, 0.25) is 0 Å². The topological polar surface area (TPSA) is 115 Å². The molecule has 1 aliphatic heterocycles. The van der Waals surface area contributed by atoms with E-state index >= 15 is 0 Å². The molecule has 0 spiro atoms. The molecule has 1 aliphatic rings. The van der Waals surface area contributed by atoms with Gasteiger partial charge in [0, 0.05) is 73.5 Å². The molecule has 3 N–H and O–H groups in total. The number of hydrogen-bond acceptors (Lipinski definition) is 7. The van der Waals surface area contributed by atoms with Crippen LogP contribution in [-0.2, 0) is 7.05 Å². The van der Waals surface area contributed by atoms with Crippen LogP contribution >= 0.6 is 0 Å². The predicted molar refractivity (Wildman–Crippen MR) is 123 cm³/mol. The van der Waals surface area contributed by atoms with Gasteiger partial charge in [0.05, 0.1) is 23.1 Å². The minimum absolute atomic E-state index is 0.243. The molecular formula is C23H24N8O. The monoisotopic (exact) mass is 428 g/mol. The Bertz CT molecular complexity index is 1260. The van der Waals surface area contributed by atoms with E-state index in [0.29, 0.717) is 11.4 Å². The Labute approximate surface area is 185 Å². The molecule has 5 rings (SSSR count). The minimum Gasteiger partial charge on any atom is -0.370 e. The Hall–Kier alpha value is -3.85. The largest absolute Gasteiger partial charge is 0.370 e. The van der Waals surface area contributed by atoms with E-state index in [1.165, 1.54) is 0 Å². The quantitative estimate of drug-likeness (QED) is 0.513. The lowest BCUT2D eigenvalue weighted by Crippen LogP contribution is -2.40. The number of anilines is 2. The highest BCUT2D eigenvalue weighted by Crippen LogP contribution is 2.34. The maximum atomic E-state index is 12.5. The van der Waals surface area contributed by atoms with Crippen LogP contribution in [0.3, 0.4) is 0 Å². The number of piperidine rings is 1. The summed E-state index contributed by atoms with van der Waals surface area (Å²) in [5.74, 6) is 0.202. The van der Waals surface area contributed by atoms with Crippen molar-refractivity contribution in [2.24, 2.45) is 12.8 Å². The van der Waals surface area contributed by atoms with Crippen LogP contribution in [-0.4, -0.2) is 49.8 Å². The molecule has 9 heteroatoms. The summed E-state index contributed by atoms with van der Waals surface area (Å²) in [5, 5.41) is 8.07. The van der Waals surface area contributed by atoms with Crippen LogP contribution in [0.5, 0.6) is 0 Å². The summed E-state index contributed by atoms with van der Waals surface area (Å²) < 4.78 is 1.77. The van der Waals surface area contributed by atoms with Crippen LogP contribution < -0.4 is 16.0 Å². The van der Waals surface area contributed by atoms with Gasteiger partial charge in [-0.1, -0.05) is 0 Å². The highest BCUT2D eigenvalue weighted by atomic mass is 16.1. The van der Waals surface area contributed by atoms with E-state index in [1.807, 2.05) is 19.4 Å². The summed E-state index contributed by atoms with van der Waals surface area (Å²) in [5.41, 5.74) is 10.2. The van der Waals surface area contributed by atoms with Crippen molar-refractivity contribution in [1.29, 1.82) is 0 Å². The Morgan fingerprint density at radius 3 is 2.66 bits per heavy atom. The second kappa shape index (κ2) is 8.35. The second-order valence-electron chi connectivity index (χ2n) is 8.04. The fourth-order valence-corrected chi connectivity index (χ4v) is 3.95. The van der Waals surface area contributed by atoms with Crippen molar-refractivity contribution in [3.63, 3.8) is 0 Å². The molecule has 5 heterocycles. The molecule has 0 saturated carbocycles. The van der Waals surface area contributed by atoms with E-state index in [2.05, 4.69) is 31.3 Å². The first-order valence-electron chi connectivity index (χ1n) is 10.6. The first-order valence-corrected chi connectivity index (χ1v) is 10.6. The third-order valence-electron chi connectivity index (χ3n) is 5.72. The van der Waals surface area contributed by atoms with Crippen molar-refractivity contribution >= 4 is 28.3 Å². The first kappa shape index (κ1) is 20.1. The minimum atomic E-state index is -0.243. The summed E-state index contributed by atoms with van der Waals surface area (Å²) in [6, 6.07) is 7.47. The number of carbonyl (C=O) groups is 1. The Kier molecular flexibility index (Phi) is 5.24. The normalized spacial score (nSPS) is 14.6. The van der Waals surface area contributed by atoms with Crippen molar-refractivity contribution in [2.45, 2.75) is 18.9 Å². The number of pyridine rings is 3. The number of nitrogens with zero attached hydrogens (tertiary/aromatic N) is 6. The number of nitrogens with one attached hydrogen (secondary N) is 1. The highest BCUT2D eigenvalue weighted by Gasteiger charge is 2.22. The van der Waals surface area contributed by atoms with Crippen LogP contribution in [0, 0.1) is 0 Å². The third kappa shape index (κ3) is 4.02. The van der Waals surface area contributed by atoms with E-state index in [9.17, 15) is 4.79 Å². The second-order valence-corrected chi connectivity index (χ2v) is 8.04. The maximum Gasteiger partial charge on any atom is 0.256 e. The van der Waals surface area contributed by atoms with E-state index in [-0.39, 0.29) is 11.9 Å². The van der Waals surface area contributed by atoms with Gasteiger partial charge >= 0.3 is 0 Å². The van der Waals surface area contributed by atoms with Crippen molar-refractivity contribution < 1.29 is 4.79 Å². The van der Waals surface area contributed by atoms with Crippen molar-refractivity contribution in [1.82, 2.24) is 24.7 Å². The summed E-state index contributed by atoms with van der Waals surface area (Å²) in [7, 11) is 1.89. The van der Waals surface area contributed by atoms with Crippen molar-refractivity contribution in [2.75, 3.05) is 23.3 Å². The molecule has 0 unspecified atom stereocenters. The van der Waals surface area contributed by atoms with Gasteiger partial charge in [-0.05, 0) is 31.0 Å². The Morgan fingerprint density at radius 1 is 1.16 bits per heavy atom. The lowest BCUT2D eigenvalue weighted by molar-refractivity contribution is 0.102. The molecule has 9 nitrogen and oxygen atoms in total. The lowest BCUT2D eigenvalue weighted by atomic mass is 10.0. The molecule has 0 radical (unpaired) electrons. The SMILES string of the molecule is Cn1cc(-c2nc3cc(NC(=O)c4ccncc4)ncc3cc2N2CCC(N)CC2)cn1. The molecular weight excluding hydrogens is 404 g/mol. The number of aromatic nitrogens is 5. The average molecular weight is 429 g/mol. The Morgan fingerprint density at radius 2 is 1.94 bits per heavy atom. The summed E-state index contributed by atoms with van der Waals surface area (Å²) in [6.45, 7) is 1.77. The van der Waals surface area contributed by atoms with Crippen LogP contribution in [0.25, 0.3) is 22.2 Å². The number of nitrogens with two attached hydrogens (primary N) is 1. The predicted octanol–water partition coefficient (Wildman–Crippen LogP) is 2.61. The number of amides is 1. The molecule has 4 aromatic rings. The number of rotatable bonds is 4. The average Bonchev–Trinajstić information content (AvgIpc) is 3.25. The van der Waals surface area contributed by atoms with Gasteiger partial charge in [-0.25, -0.2) is 9.97 Å². The molecule has 0 bridgehead atoms. The van der Waals surface area contributed by atoms with Gasteiger partial charge in [0.25, 0.3) is 5.91 Å². The van der Waals surface area contributed by atoms with E-state index < -0.39 is 0 Å². The number of carbonyl (C=O) groups excluding carboxylic acids is 1. The zero-order valence-electron chi connectivity index (χ0n) is 17.8. The fourth-order valence-electron chi connectivity index (χ4n) is 3.95. The summed E-state index contributed by atoms with van der Waals surface area (Å²) in [6.07, 6.45) is 10.6. The Balaban J connectivity index is 1.53. The van der Waals surface area contributed by atoms with Gasteiger partial charge in [-0.2, -0.15) is 5.10 Å². The van der Waals surface area contributed by atoms with Gasteiger partial charge in [0.1, 0.15) is 5.82 Å². The van der Waals surface area contributed by atoms with Crippen LogP contribution in [0.15, 0.2) is 55.2 Å². The summed E-state index contributed by atoms with van der Waals surface area (Å²) in [4.78, 5) is 28.2. The van der Waals surface area contributed by atoms with Gasteiger partial charge in [0.2, 0.25) is 0 Å². The molecule has 0 atom stereocenters. The van der Waals surface area contributed by atoms with Gasteiger partial charge in [0.15, 0.2) is 0 Å². The smallest absolute Gasteiger partial charge is 0.256 e. The highest BCUT2D eigenvalue weighted by molar-refractivity contribution is 6.04. The first-order chi connectivity index (χ1) is 15.6. The molecule has 162 valence electrons. The van der Waals surface area contributed by atoms with Gasteiger partial charge in [-0.3, -0.25) is 14.5 Å². The van der Waals surface area contributed by atoms with E-state index in [4.69, 9.17) is 10.7 Å². The molecule has 1 saturated heterocycles. The molecule has 1 fully saturated rings. The molecule has 0 aromatic carbocycles. The molecule has 32 heavy (non-hydrogen) atoms. The zero-order valence-corrected chi connectivity index (χ0v) is 17.8. The fraction of sp³-hybridized carbons (Fsp3) is 0.261. The lowest BCUT2D eigenvalue weighted by Gasteiger charge is -2.33. The van der Waals surface area contributed by atoms with Gasteiger partial charge in [-0.15, -0.1) is 0 Å². The summed E-state index contributed by atoms with van der Waals surface area (Å²) >= 11 is 0. The maximum absolute atomic E-state index is 12.5. The van der Waals surface area contributed by atoms with E-state index in [1.54, 1.807) is 41.5 Å². The number of fused-ring (bicyclic) bond motifs is 1. The third-order valence-corrected chi connectivity index (χ3v) is 5.72. The zero-order chi connectivity index (χ0) is 22.1. The molecule has 0 aliphatic carbocycles. The van der Waals surface area contributed by atoms with Crippen LogP contribution in [0.1, 0.15) is 23.2 Å². The number of aryl methyl sites for hydroxylation is 1. The molecule has 4 aromatic heterocycles. The molecule has 1 amide bonds. The number of hydrogen-bond donors (Lipinski definition) is 2. The van der Waals surface area contributed by atoms with Crippen molar-refractivity contribution in [3.8, 4) is 11.3 Å². The van der Waals surface area contributed by atoms with Crippen molar-refractivity contribution in [3.05, 3.63) is 60.8 Å². The standard InChI is InChI=1S/C23H24N8O/c1-30-14-17(13-27-30)22-20(31-8-4-18(24)5-9-31)10-16-12-26-21(11-19(16)28-22)29-23(32)15-2-6-25-7-3-15/h2-3,6-7,10-14,18H,4-5,8-9,24H2,1H3,(H,26,29,32). The van der Waals surface area contributed by atoms with Crippen LogP contribution in [0.4, 0.5) is 11.5 Å². The van der Waals surface area contributed by atoms with E-state index in [0.717, 1.165) is 53.8 Å².